The van der Waals surface area contributed by atoms with Gasteiger partial charge in [-0.3, -0.25) is 4.79 Å². The van der Waals surface area contributed by atoms with E-state index in [1.807, 2.05) is 13.0 Å². The first-order valence-corrected chi connectivity index (χ1v) is 5.62. The van der Waals surface area contributed by atoms with Crippen molar-refractivity contribution in [3.8, 4) is 11.1 Å². The third-order valence-electron chi connectivity index (χ3n) is 3.31. The highest BCUT2D eigenvalue weighted by Gasteiger charge is 2.31. The number of aryl methyl sites for hydroxylation is 1. The second-order valence-electron chi connectivity index (χ2n) is 4.36. The molecule has 0 bridgehead atoms. The number of carboxylic acids is 1. The topological polar surface area (TPSA) is 54.4 Å². The molecule has 0 spiro atoms. The predicted molar refractivity (Wildman–Crippen MR) is 67.0 cm³/mol. The van der Waals surface area contributed by atoms with Crippen LogP contribution in [0, 0.1) is 6.92 Å². The Hall–Kier alpha value is -2.42. The number of rotatable bonds is 1. The highest BCUT2D eigenvalue weighted by molar-refractivity contribution is 6.24. The number of carbonyl (C=O) groups is 2. The van der Waals surface area contributed by atoms with Crippen LogP contribution in [0.25, 0.3) is 11.1 Å². The molecule has 1 aliphatic rings. The van der Waals surface area contributed by atoms with Gasteiger partial charge in [0.2, 0.25) is 0 Å². The molecule has 1 aliphatic carbocycles. The minimum Gasteiger partial charge on any atom is -0.478 e. The zero-order chi connectivity index (χ0) is 12.9. The first kappa shape index (κ1) is 10.7. The number of aromatic carboxylic acids is 1. The van der Waals surface area contributed by atoms with Gasteiger partial charge in [-0.2, -0.15) is 0 Å². The molecule has 1 N–H and O–H groups in total. The zero-order valence-corrected chi connectivity index (χ0v) is 9.73. The second kappa shape index (κ2) is 3.53. The zero-order valence-electron chi connectivity index (χ0n) is 9.73. The van der Waals surface area contributed by atoms with Gasteiger partial charge in [0.05, 0.1) is 5.56 Å². The maximum Gasteiger partial charge on any atom is 0.336 e. The first-order valence-electron chi connectivity index (χ1n) is 5.62. The number of ketones is 1. The minimum absolute atomic E-state index is 0.0822. The van der Waals surface area contributed by atoms with Gasteiger partial charge in [0.1, 0.15) is 0 Å². The van der Waals surface area contributed by atoms with Crippen LogP contribution in [0.3, 0.4) is 0 Å². The molecule has 0 saturated heterocycles. The summed E-state index contributed by atoms with van der Waals surface area (Å²) < 4.78 is 0. The van der Waals surface area contributed by atoms with Crippen molar-refractivity contribution in [2.24, 2.45) is 0 Å². The Labute approximate surface area is 104 Å². The van der Waals surface area contributed by atoms with Crippen LogP contribution in [-0.4, -0.2) is 16.9 Å². The van der Waals surface area contributed by atoms with E-state index in [0.717, 1.165) is 11.1 Å². The van der Waals surface area contributed by atoms with Crippen LogP contribution in [0.15, 0.2) is 36.4 Å². The van der Waals surface area contributed by atoms with E-state index in [-0.39, 0.29) is 11.3 Å². The van der Waals surface area contributed by atoms with Crippen LogP contribution in [0.5, 0.6) is 0 Å². The highest BCUT2D eigenvalue weighted by atomic mass is 16.4. The fourth-order valence-electron chi connectivity index (χ4n) is 2.49. The lowest BCUT2D eigenvalue weighted by molar-refractivity contribution is 0.0697. The summed E-state index contributed by atoms with van der Waals surface area (Å²) in [4.78, 5) is 23.6. The van der Waals surface area contributed by atoms with Crippen LogP contribution in [0.4, 0.5) is 0 Å². The van der Waals surface area contributed by atoms with Gasteiger partial charge < -0.3 is 5.11 Å². The molecular weight excluding hydrogens is 228 g/mol. The molecule has 0 aliphatic heterocycles. The molecule has 0 unspecified atom stereocenters. The summed E-state index contributed by atoms with van der Waals surface area (Å²) in [7, 11) is 0. The summed E-state index contributed by atoms with van der Waals surface area (Å²) in [5, 5.41) is 9.24. The molecular formula is C15H10O3. The molecule has 0 radical (unpaired) electrons. The monoisotopic (exact) mass is 238 g/mol. The van der Waals surface area contributed by atoms with Gasteiger partial charge in [-0.05, 0) is 24.1 Å². The quantitative estimate of drug-likeness (QED) is 0.709. The van der Waals surface area contributed by atoms with E-state index in [0.29, 0.717) is 16.7 Å². The third-order valence-corrected chi connectivity index (χ3v) is 3.31. The number of fused-ring (bicyclic) bond motifs is 3. The van der Waals surface area contributed by atoms with E-state index in [9.17, 15) is 14.7 Å². The highest BCUT2D eigenvalue weighted by Crippen LogP contribution is 2.40. The maximum absolute atomic E-state index is 12.3. The van der Waals surface area contributed by atoms with Crippen molar-refractivity contribution in [1.29, 1.82) is 0 Å². The molecule has 3 heteroatoms. The second-order valence-corrected chi connectivity index (χ2v) is 4.36. The molecule has 88 valence electrons. The van der Waals surface area contributed by atoms with Gasteiger partial charge >= 0.3 is 5.97 Å². The van der Waals surface area contributed by atoms with Crippen molar-refractivity contribution in [3.05, 3.63) is 58.7 Å². The lowest BCUT2D eigenvalue weighted by Gasteiger charge is -2.07. The molecule has 2 aromatic carbocycles. The van der Waals surface area contributed by atoms with Gasteiger partial charge in [0.15, 0.2) is 5.78 Å². The maximum atomic E-state index is 12.3. The Morgan fingerprint density at radius 3 is 2.33 bits per heavy atom. The molecule has 0 amide bonds. The summed E-state index contributed by atoms with van der Waals surface area (Å²) in [6, 6.07) is 10.4. The lowest BCUT2D eigenvalue weighted by atomic mass is 9.96. The molecule has 0 aromatic heterocycles. The van der Waals surface area contributed by atoms with Crippen LogP contribution in [0.2, 0.25) is 0 Å². The summed E-state index contributed by atoms with van der Waals surface area (Å²) >= 11 is 0. The standard InChI is InChI=1S/C15H10O3/c1-8-6-7-11(15(17)18)13-9-4-2-3-5-10(9)14(16)12(8)13/h2-7H,1H3,(H,17,18). The average molecular weight is 238 g/mol. The largest absolute Gasteiger partial charge is 0.478 e. The Morgan fingerprint density at radius 2 is 1.67 bits per heavy atom. The first-order chi connectivity index (χ1) is 8.61. The summed E-state index contributed by atoms with van der Waals surface area (Å²) in [6.07, 6.45) is 0. The Kier molecular flexibility index (Phi) is 2.10. The number of carbonyl (C=O) groups excluding carboxylic acids is 1. The SMILES string of the molecule is Cc1ccc(C(=O)O)c2c1C(=O)c1ccccc1-2. The van der Waals surface area contributed by atoms with Gasteiger partial charge in [-0.15, -0.1) is 0 Å². The fraction of sp³-hybridized carbons (Fsp3) is 0.0667. The van der Waals surface area contributed by atoms with Crippen LogP contribution >= 0.6 is 0 Å². The van der Waals surface area contributed by atoms with Crippen LogP contribution in [0.1, 0.15) is 31.8 Å². The Bertz CT molecular complexity index is 699. The molecule has 3 rings (SSSR count). The van der Waals surface area contributed by atoms with Gasteiger partial charge in [-0.1, -0.05) is 30.3 Å². The van der Waals surface area contributed by atoms with Gasteiger partial charge in [-0.25, -0.2) is 4.79 Å². The predicted octanol–water partition coefficient (Wildman–Crippen LogP) is 2.90. The van der Waals surface area contributed by atoms with Crippen LogP contribution < -0.4 is 0 Å². The number of hydrogen-bond acceptors (Lipinski definition) is 2. The van der Waals surface area contributed by atoms with Gasteiger partial charge in [0, 0.05) is 16.7 Å². The lowest BCUT2D eigenvalue weighted by Crippen LogP contribution is -2.03. The van der Waals surface area contributed by atoms with Gasteiger partial charge in [0.25, 0.3) is 0 Å². The van der Waals surface area contributed by atoms with E-state index in [1.54, 1.807) is 30.3 Å². The van der Waals surface area contributed by atoms with Crippen molar-refractivity contribution >= 4 is 11.8 Å². The molecule has 0 heterocycles. The van der Waals surface area contributed by atoms with E-state index in [4.69, 9.17) is 0 Å². The van der Waals surface area contributed by atoms with Crippen molar-refractivity contribution in [1.82, 2.24) is 0 Å². The third kappa shape index (κ3) is 1.24. The summed E-state index contributed by atoms with van der Waals surface area (Å²) in [6.45, 7) is 1.83. The molecule has 18 heavy (non-hydrogen) atoms. The molecule has 2 aromatic rings. The fourth-order valence-corrected chi connectivity index (χ4v) is 2.49. The van der Waals surface area contributed by atoms with E-state index in [1.165, 1.54) is 0 Å². The van der Waals surface area contributed by atoms with Crippen molar-refractivity contribution in [2.75, 3.05) is 0 Å². The smallest absolute Gasteiger partial charge is 0.336 e. The average Bonchev–Trinajstić information content (AvgIpc) is 2.65. The Balaban J connectivity index is 2.46. The van der Waals surface area contributed by atoms with E-state index < -0.39 is 5.97 Å². The van der Waals surface area contributed by atoms with Crippen molar-refractivity contribution in [2.45, 2.75) is 6.92 Å². The van der Waals surface area contributed by atoms with E-state index >= 15 is 0 Å². The summed E-state index contributed by atoms with van der Waals surface area (Å²) in [5.74, 6) is -1.09. The normalized spacial score (nSPS) is 12.2. The van der Waals surface area contributed by atoms with E-state index in [2.05, 4.69) is 0 Å². The van der Waals surface area contributed by atoms with Crippen molar-refractivity contribution in [3.63, 3.8) is 0 Å². The summed E-state index contributed by atoms with van der Waals surface area (Å²) in [5.41, 5.74) is 3.40. The Morgan fingerprint density at radius 1 is 1.00 bits per heavy atom. The molecule has 0 atom stereocenters. The number of benzene rings is 2. The molecule has 3 nitrogen and oxygen atoms in total. The molecule has 0 fully saturated rings. The number of carboxylic acid groups (broad SMARTS) is 1. The van der Waals surface area contributed by atoms with Crippen molar-refractivity contribution < 1.29 is 14.7 Å². The number of hydrogen-bond donors (Lipinski definition) is 1. The molecule has 0 saturated carbocycles. The van der Waals surface area contributed by atoms with Crippen LogP contribution in [-0.2, 0) is 0 Å². The minimum atomic E-state index is -1.00.